The van der Waals surface area contributed by atoms with Gasteiger partial charge in [-0.1, -0.05) is 0 Å². The van der Waals surface area contributed by atoms with Crippen LogP contribution in [0.4, 0.5) is 8.78 Å². The zero-order valence-corrected chi connectivity index (χ0v) is 8.12. The summed E-state index contributed by atoms with van der Waals surface area (Å²) in [5, 5.41) is 8.51. The standard InChI is InChI=1S/C9H15F2NO2/c1-12-3-2-6(5-12)7(9(10)11)4-8(13)14/h6-7,9H,2-5H2,1H3,(H,13,14). The Morgan fingerprint density at radius 1 is 1.64 bits per heavy atom. The summed E-state index contributed by atoms with van der Waals surface area (Å²) in [6.07, 6.45) is -2.27. The lowest BCUT2D eigenvalue weighted by Gasteiger charge is -2.20. The third-order valence-corrected chi connectivity index (χ3v) is 2.77. The number of aliphatic carboxylic acids is 1. The van der Waals surface area contributed by atoms with Gasteiger partial charge in [-0.3, -0.25) is 4.79 Å². The van der Waals surface area contributed by atoms with Gasteiger partial charge in [0, 0.05) is 12.5 Å². The number of nitrogens with zero attached hydrogens (tertiary/aromatic N) is 1. The zero-order valence-electron chi connectivity index (χ0n) is 8.12. The second kappa shape index (κ2) is 4.68. The molecule has 2 unspecified atom stereocenters. The minimum Gasteiger partial charge on any atom is -0.481 e. The lowest BCUT2D eigenvalue weighted by atomic mass is 9.89. The molecule has 2 atom stereocenters. The van der Waals surface area contributed by atoms with E-state index in [1.54, 1.807) is 0 Å². The Hall–Kier alpha value is -0.710. The van der Waals surface area contributed by atoms with Crippen LogP contribution >= 0.6 is 0 Å². The minimum atomic E-state index is -2.53. The van der Waals surface area contributed by atoms with E-state index in [0.717, 1.165) is 6.54 Å². The first-order valence-corrected chi connectivity index (χ1v) is 4.69. The third kappa shape index (κ3) is 2.90. The van der Waals surface area contributed by atoms with Gasteiger partial charge < -0.3 is 10.0 Å². The summed E-state index contributed by atoms with van der Waals surface area (Å²) < 4.78 is 25.1. The highest BCUT2D eigenvalue weighted by molar-refractivity contribution is 5.67. The topological polar surface area (TPSA) is 40.5 Å². The molecule has 0 aliphatic carbocycles. The van der Waals surface area contributed by atoms with E-state index in [9.17, 15) is 13.6 Å². The first-order valence-electron chi connectivity index (χ1n) is 4.69. The highest BCUT2D eigenvalue weighted by Crippen LogP contribution is 2.30. The first-order chi connectivity index (χ1) is 6.50. The van der Waals surface area contributed by atoms with Crippen LogP contribution in [0.2, 0.25) is 0 Å². The fourth-order valence-electron chi connectivity index (χ4n) is 1.98. The van der Waals surface area contributed by atoms with E-state index >= 15 is 0 Å². The molecule has 0 spiro atoms. The largest absolute Gasteiger partial charge is 0.481 e. The number of carboxylic acids is 1. The number of likely N-dealkylation sites (tertiary alicyclic amines) is 1. The Morgan fingerprint density at radius 2 is 2.29 bits per heavy atom. The molecule has 5 heteroatoms. The van der Waals surface area contributed by atoms with E-state index in [0.29, 0.717) is 13.0 Å². The summed E-state index contributed by atoms with van der Waals surface area (Å²) >= 11 is 0. The van der Waals surface area contributed by atoms with Gasteiger partial charge in [0.05, 0.1) is 6.42 Å². The lowest BCUT2D eigenvalue weighted by molar-refractivity contribution is -0.140. The summed E-state index contributed by atoms with van der Waals surface area (Å²) in [6.45, 7) is 1.37. The smallest absolute Gasteiger partial charge is 0.303 e. The van der Waals surface area contributed by atoms with E-state index in [1.165, 1.54) is 0 Å². The summed E-state index contributed by atoms with van der Waals surface area (Å²) in [6, 6.07) is 0. The second-order valence-electron chi connectivity index (χ2n) is 3.91. The Labute approximate surface area is 81.7 Å². The van der Waals surface area contributed by atoms with Gasteiger partial charge >= 0.3 is 5.97 Å². The van der Waals surface area contributed by atoms with Gasteiger partial charge in [-0.25, -0.2) is 8.78 Å². The van der Waals surface area contributed by atoms with Crippen LogP contribution in [0.25, 0.3) is 0 Å². The van der Waals surface area contributed by atoms with Crippen molar-refractivity contribution in [3.8, 4) is 0 Å². The maximum atomic E-state index is 12.6. The summed E-state index contributed by atoms with van der Waals surface area (Å²) in [4.78, 5) is 12.4. The van der Waals surface area contributed by atoms with Crippen LogP contribution in [-0.4, -0.2) is 42.5 Å². The predicted octanol–water partition coefficient (Wildman–Crippen LogP) is 1.29. The molecular weight excluding hydrogens is 192 g/mol. The molecule has 0 aromatic heterocycles. The number of halogens is 2. The molecule has 1 fully saturated rings. The molecule has 1 aliphatic heterocycles. The fraction of sp³-hybridized carbons (Fsp3) is 0.889. The van der Waals surface area contributed by atoms with Crippen molar-refractivity contribution in [1.29, 1.82) is 0 Å². The number of hydrogen-bond donors (Lipinski definition) is 1. The minimum absolute atomic E-state index is 0.170. The van der Waals surface area contributed by atoms with Crippen LogP contribution in [0.15, 0.2) is 0 Å². The first kappa shape index (κ1) is 11.4. The highest BCUT2D eigenvalue weighted by Gasteiger charge is 2.35. The van der Waals surface area contributed by atoms with Crippen LogP contribution in [-0.2, 0) is 4.79 Å². The van der Waals surface area contributed by atoms with Crippen molar-refractivity contribution in [3.63, 3.8) is 0 Å². The van der Waals surface area contributed by atoms with Crippen LogP contribution in [0.1, 0.15) is 12.8 Å². The van der Waals surface area contributed by atoms with E-state index < -0.39 is 24.7 Å². The fourth-order valence-corrected chi connectivity index (χ4v) is 1.98. The van der Waals surface area contributed by atoms with Crippen LogP contribution in [0.3, 0.4) is 0 Å². The average Bonchev–Trinajstić information content (AvgIpc) is 2.46. The zero-order chi connectivity index (χ0) is 10.7. The maximum absolute atomic E-state index is 12.6. The lowest BCUT2D eigenvalue weighted by Crippen LogP contribution is -2.27. The summed E-state index contributed by atoms with van der Waals surface area (Å²) in [7, 11) is 1.86. The van der Waals surface area contributed by atoms with Gasteiger partial charge in [0.1, 0.15) is 0 Å². The molecule has 3 nitrogen and oxygen atoms in total. The monoisotopic (exact) mass is 207 g/mol. The maximum Gasteiger partial charge on any atom is 0.303 e. The second-order valence-corrected chi connectivity index (χ2v) is 3.91. The van der Waals surface area contributed by atoms with Gasteiger partial charge in [0.2, 0.25) is 6.43 Å². The molecule has 1 aliphatic rings. The number of carboxylic acid groups (broad SMARTS) is 1. The molecule has 0 aromatic rings. The summed E-state index contributed by atoms with van der Waals surface area (Å²) in [5.41, 5.74) is 0. The van der Waals surface area contributed by atoms with E-state index in [4.69, 9.17) is 5.11 Å². The van der Waals surface area contributed by atoms with Crippen molar-refractivity contribution >= 4 is 5.97 Å². The Balaban J connectivity index is 2.54. The molecule has 82 valence electrons. The van der Waals surface area contributed by atoms with Crippen LogP contribution in [0.5, 0.6) is 0 Å². The Bertz CT molecular complexity index is 211. The number of hydrogen-bond acceptors (Lipinski definition) is 2. The normalized spacial score (nSPS) is 25.6. The number of alkyl halides is 2. The molecule has 0 radical (unpaired) electrons. The van der Waals surface area contributed by atoms with Crippen molar-refractivity contribution in [2.24, 2.45) is 11.8 Å². The molecule has 1 heterocycles. The van der Waals surface area contributed by atoms with Crippen molar-refractivity contribution in [1.82, 2.24) is 4.90 Å². The van der Waals surface area contributed by atoms with Crippen LogP contribution < -0.4 is 0 Å². The Morgan fingerprint density at radius 3 is 2.64 bits per heavy atom. The number of carbonyl (C=O) groups is 1. The molecule has 0 bridgehead atoms. The van der Waals surface area contributed by atoms with Crippen molar-refractivity contribution in [2.45, 2.75) is 19.3 Å². The van der Waals surface area contributed by atoms with Crippen molar-refractivity contribution < 1.29 is 18.7 Å². The van der Waals surface area contributed by atoms with E-state index in [2.05, 4.69) is 0 Å². The van der Waals surface area contributed by atoms with Gasteiger partial charge in [0.15, 0.2) is 0 Å². The molecule has 0 amide bonds. The SMILES string of the molecule is CN1CCC(C(CC(=O)O)C(F)F)C1. The Kier molecular flexibility index (Phi) is 3.80. The predicted molar refractivity (Wildman–Crippen MR) is 47.4 cm³/mol. The van der Waals surface area contributed by atoms with E-state index in [1.807, 2.05) is 11.9 Å². The van der Waals surface area contributed by atoms with Crippen molar-refractivity contribution in [3.05, 3.63) is 0 Å². The van der Waals surface area contributed by atoms with Gasteiger partial charge in [-0.15, -0.1) is 0 Å². The molecular formula is C9H15F2NO2. The quantitative estimate of drug-likeness (QED) is 0.755. The molecule has 1 saturated heterocycles. The van der Waals surface area contributed by atoms with Gasteiger partial charge in [-0.2, -0.15) is 0 Å². The van der Waals surface area contributed by atoms with E-state index in [-0.39, 0.29) is 5.92 Å². The van der Waals surface area contributed by atoms with Crippen LogP contribution in [0, 0.1) is 11.8 Å². The number of rotatable bonds is 4. The highest BCUT2D eigenvalue weighted by atomic mass is 19.3. The summed E-state index contributed by atoms with van der Waals surface area (Å²) in [5.74, 6) is -2.29. The van der Waals surface area contributed by atoms with Gasteiger partial charge in [-0.05, 0) is 25.9 Å². The average molecular weight is 207 g/mol. The third-order valence-electron chi connectivity index (χ3n) is 2.77. The van der Waals surface area contributed by atoms with Gasteiger partial charge in [0.25, 0.3) is 0 Å². The molecule has 1 N–H and O–H groups in total. The molecule has 14 heavy (non-hydrogen) atoms. The molecule has 0 aromatic carbocycles. The molecule has 0 saturated carbocycles. The molecule has 1 rings (SSSR count). The van der Waals surface area contributed by atoms with Crippen molar-refractivity contribution in [2.75, 3.05) is 20.1 Å².